The molecule has 1 N–H and O–H groups in total. The topological polar surface area (TPSA) is 58.9 Å². The normalized spacial score (nSPS) is 11.6. The van der Waals surface area contributed by atoms with Gasteiger partial charge in [0.1, 0.15) is 11.2 Å². The van der Waals surface area contributed by atoms with E-state index in [0.717, 1.165) is 32.8 Å². The number of aromatic amines is 1. The Kier molecular flexibility index (Phi) is 1.67. The lowest BCUT2D eigenvalue weighted by Gasteiger charge is -1.97. The summed E-state index contributed by atoms with van der Waals surface area (Å²) in [4.78, 5) is 17.9. The van der Waals surface area contributed by atoms with E-state index in [-0.39, 0.29) is 5.69 Å². The molecule has 0 saturated carbocycles. The minimum Gasteiger partial charge on any atom is -0.456 e. The molecule has 0 amide bonds. The zero-order chi connectivity index (χ0) is 12.1. The summed E-state index contributed by atoms with van der Waals surface area (Å²) >= 11 is 0. The highest BCUT2D eigenvalue weighted by atomic mass is 16.3. The first-order valence-electron chi connectivity index (χ1n) is 5.62. The molecule has 0 aliphatic rings. The maximum absolute atomic E-state index is 11.4. The van der Waals surface area contributed by atoms with Crippen molar-refractivity contribution in [2.75, 3.05) is 0 Å². The van der Waals surface area contributed by atoms with Gasteiger partial charge in [0.2, 0.25) is 0 Å². The summed E-state index contributed by atoms with van der Waals surface area (Å²) in [6.07, 6.45) is 1.58. The second kappa shape index (κ2) is 3.20. The van der Waals surface area contributed by atoms with E-state index in [1.54, 1.807) is 6.20 Å². The molecule has 0 aliphatic carbocycles. The Hall–Kier alpha value is -2.62. The minimum atomic E-state index is -0.347. The minimum absolute atomic E-state index is 0.347. The summed E-state index contributed by atoms with van der Waals surface area (Å²) in [5.41, 5.74) is 2.01. The molecule has 4 rings (SSSR count). The van der Waals surface area contributed by atoms with Gasteiger partial charge in [-0.05, 0) is 18.2 Å². The Morgan fingerprint density at radius 2 is 1.94 bits per heavy atom. The molecule has 86 valence electrons. The average molecular weight is 236 g/mol. The van der Waals surface area contributed by atoms with Gasteiger partial charge in [-0.1, -0.05) is 18.2 Å². The van der Waals surface area contributed by atoms with Gasteiger partial charge in [-0.15, -0.1) is 0 Å². The van der Waals surface area contributed by atoms with Crippen molar-refractivity contribution in [1.29, 1.82) is 0 Å². The molecule has 0 atom stereocenters. The van der Waals surface area contributed by atoms with Gasteiger partial charge in [0, 0.05) is 17.0 Å². The van der Waals surface area contributed by atoms with Crippen molar-refractivity contribution in [1.82, 2.24) is 9.97 Å². The Bertz CT molecular complexity index is 950. The van der Waals surface area contributed by atoms with Crippen molar-refractivity contribution in [2.45, 2.75) is 0 Å². The van der Waals surface area contributed by atoms with Gasteiger partial charge < -0.3 is 9.40 Å². The molecule has 0 spiro atoms. The summed E-state index contributed by atoms with van der Waals surface area (Å²) in [6, 6.07) is 11.6. The quantitative estimate of drug-likeness (QED) is 0.510. The third-order valence-electron chi connectivity index (χ3n) is 3.13. The number of nitrogens with zero attached hydrogens (tertiary/aromatic N) is 1. The maximum atomic E-state index is 11.4. The van der Waals surface area contributed by atoms with Crippen LogP contribution in [-0.4, -0.2) is 9.97 Å². The fourth-order valence-corrected chi connectivity index (χ4v) is 2.34. The Morgan fingerprint density at radius 3 is 2.89 bits per heavy atom. The molecule has 0 radical (unpaired) electrons. The van der Waals surface area contributed by atoms with Crippen LogP contribution in [-0.2, 0) is 0 Å². The fourth-order valence-electron chi connectivity index (χ4n) is 2.34. The summed E-state index contributed by atoms with van der Waals surface area (Å²) in [5.74, 6) is 0. The SMILES string of the molecule is O=c1ncc2ccc3oc4ccccc4c3c2[nH]1. The zero-order valence-electron chi connectivity index (χ0n) is 9.31. The second-order valence-electron chi connectivity index (χ2n) is 4.19. The van der Waals surface area contributed by atoms with Crippen molar-refractivity contribution in [3.8, 4) is 0 Å². The fraction of sp³-hybridized carbons (Fsp3) is 0. The largest absolute Gasteiger partial charge is 0.456 e. The standard InChI is InChI=1S/C14H8N2O2/c17-14-15-7-8-5-6-11-12(13(8)16-14)9-3-1-2-4-10(9)18-11/h1-7H,(H,15,16,17). The maximum Gasteiger partial charge on any atom is 0.345 e. The second-order valence-corrected chi connectivity index (χ2v) is 4.19. The molecular formula is C14H8N2O2. The highest BCUT2D eigenvalue weighted by Gasteiger charge is 2.10. The number of furan rings is 1. The summed E-state index contributed by atoms with van der Waals surface area (Å²) in [5, 5.41) is 2.83. The van der Waals surface area contributed by atoms with E-state index in [9.17, 15) is 4.79 Å². The Labute approximate surface area is 101 Å². The van der Waals surface area contributed by atoms with Gasteiger partial charge in [-0.2, -0.15) is 0 Å². The molecule has 0 unspecified atom stereocenters. The molecule has 0 fully saturated rings. The molecule has 4 nitrogen and oxygen atoms in total. The first-order valence-corrected chi connectivity index (χ1v) is 5.62. The molecule has 0 aliphatic heterocycles. The van der Waals surface area contributed by atoms with Crippen LogP contribution in [0.1, 0.15) is 0 Å². The Morgan fingerprint density at radius 1 is 1.06 bits per heavy atom. The van der Waals surface area contributed by atoms with Gasteiger partial charge in [-0.25, -0.2) is 9.78 Å². The smallest absolute Gasteiger partial charge is 0.345 e. The van der Waals surface area contributed by atoms with Crippen molar-refractivity contribution in [2.24, 2.45) is 0 Å². The molecular weight excluding hydrogens is 228 g/mol. The molecule has 0 bridgehead atoms. The zero-order valence-corrected chi connectivity index (χ0v) is 9.31. The van der Waals surface area contributed by atoms with Crippen LogP contribution in [0.4, 0.5) is 0 Å². The van der Waals surface area contributed by atoms with Gasteiger partial charge in [0.15, 0.2) is 0 Å². The predicted molar refractivity (Wildman–Crippen MR) is 69.6 cm³/mol. The number of aromatic nitrogens is 2. The number of hydrogen-bond acceptors (Lipinski definition) is 3. The molecule has 2 aromatic heterocycles. The van der Waals surface area contributed by atoms with E-state index in [2.05, 4.69) is 9.97 Å². The summed E-state index contributed by atoms with van der Waals surface area (Å²) in [7, 11) is 0. The highest BCUT2D eigenvalue weighted by Crippen LogP contribution is 2.32. The number of benzene rings is 2. The highest BCUT2D eigenvalue weighted by molar-refractivity contribution is 6.17. The van der Waals surface area contributed by atoms with E-state index < -0.39 is 0 Å². The van der Waals surface area contributed by atoms with Crippen molar-refractivity contribution in [3.63, 3.8) is 0 Å². The van der Waals surface area contributed by atoms with E-state index in [1.807, 2.05) is 36.4 Å². The predicted octanol–water partition coefficient (Wildman–Crippen LogP) is 2.82. The van der Waals surface area contributed by atoms with E-state index in [0.29, 0.717) is 0 Å². The van der Waals surface area contributed by atoms with Crippen molar-refractivity contribution < 1.29 is 4.42 Å². The molecule has 18 heavy (non-hydrogen) atoms. The van der Waals surface area contributed by atoms with Crippen LogP contribution < -0.4 is 5.69 Å². The molecule has 2 heterocycles. The number of rotatable bonds is 0. The monoisotopic (exact) mass is 236 g/mol. The third kappa shape index (κ3) is 1.14. The Balaban J connectivity index is 2.39. The van der Waals surface area contributed by atoms with Gasteiger partial charge in [-0.3, -0.25) is 0 Å². The number of hydrogen-bond donors (Lipinski definition) is 1. The van der Waals surface area contributed by atoms with E-state index in [1.165, 1.54) is 0 Å². The molecule has 2 aromatic carbocycles. The summed E-state index contributed by atoms with van der Waals surface area (Å²) in [6.45, 7) is 0. The van der Waals surface area contributed by atoms with Crippen molar-refractivity contribution >= 4 is 32.8 Å². The van der Waals surface area contributed by atoms with Gasteiger partial charge in [0.05, 0.1) is 10.9 Å². The van der Waals surface area contributed by atoms with E-state index >= 15 is 0 Å². The lowest BCUT2D eigenvalue weighted by Crippen LogP contribution is -2.08. The van der Waals surface area contributed by atoms with Gasteiger partial charge in [0.25, 0.3) is 0 Å². The number of H-pyrrole nitrogens is 1. The van der Waals surface area contributed by atoms with Crippen molar-refractivity contribution in [3.05, 3.63) is 53.1 Å². The first kappa shape index (κ1) is 9.41. The van der Waals surface area contributed by atoms with E-state index in [4.69, 9.17) is 4.42 Å². The number of nitrogens with one attached hydrogen (secondary N) is 1. The van der Waals surface area contributed by atoms with Crippen LogP contribution in [0.5, 0.6) is 0 Å². The molecule has 4 heteroatoms. The first-order chi connectivity index (χ1) is 8.83. The lowest BCUT2D eigenvalue weighted by molar-refractivity contribution is 0.669. The lowest BCUT2D eigenvalue weighted by atomic mass is 10.1. The van der Waals surface area contributed by atoms with Crippen LogP contribution in [0, 0.1) is 0 Å². The van der Waals surface area contributed by atoms with Crippen LogP contribution >= 0.6 is 0 Å². The van der Waals surface area contributed by atoms with Crippen LogP contribution in [0.25, 0.3) is 32.8 Å². The van der Waals surface area contributed by atoms with Crippen LogP contribution in [0.15, 0.2) is 51.8 Å². The average Bonchev–Trinajstić information content (AvgIpc) is 2.77. The third-order valence-corrected chi connectivity index (χ3v) is 3.13. The number of para-hydroxylation sites is 1. The molecule has 4 aromatic rings. The number of fused-ring (bicyclic) bond motifs is 5. The van der Waals surface area contributed by atoms with Crippen LogP contribution in [0.2, 0.25) is 0 Å². The molecule has 0 saturated heterocycles. The summed E-state index contributed by atoms with van der Waals surface area (Å²) < 4.78 is 5.76. The van der Waals surface area contributed by atoms with Crippen LogP contribution in [0.3, 0.4) is 0 Å². The van der Waals surface area contributed by atoms with Gasteiger partial charge >= 0.3 is 5.69 Å².